The van der Waals surface area contributed by atoms with Crippen LogP contribution < -0.4 is 4.72 Å². The van der Waals surface area contributed by atoms with Gasteiger partial charge in [-0.05, 0) is 12.8 Å². The quantitative estimate of drug-likeness (QED) is 0.388. The molecule has 0 fully saturated rings. The van der Waals surface area contributed by atoms with Crippen molar-refractivity contribution in [2.24, 2.45) is 0 Å². The lowest BCUT2D eigenvalue weighted by Gasteiger charge is -1.96. The summed E-state index contributed by atoms with van der Waals surface area (Å²) in [5.41, 5.74) is 0. The maximum Gasteiger partial charge on any atom is 0.0431 e. The van der Waals surface area contributed by atoms with Crippen molar-refractivity contribution in [1.29, 1.82) is 0 Å². The van der Waals surface area contributed by atoms with Crippen LogP contribution in [0.25, 0.3) is 0 Å². The van der Waals surface area contributed by atoms with Crippen LogP contribution >= 0.6 is 12.8 Å². The molecule has 0 amide bonds. The topological polar surface area (TPSA) is 32.3 Å². The average Bonchev–Trinajstić information content (AvgIpc) is 1.89. The number of aliphatic hydroxyl groups excluding tert-OH is 1. The first-order valence-electron chi connectivity index (χ1n) is 3.39. The Labute approximate surface area is 62.2 Å². The van der Waals surface area contributed by atoms with Gasteiger partial charge in [-0.3, -0.25) is 4.72 Å². The second kappa shape index (κ2) is 8.27. The largest absolute Gasteiger partial charge is 0.396 e. The van der Waals surface area contributed by atoms with Gasteiger partial charge in [-0.15, -0.1) is 0 Å². The zero-order valence-electron chi connectivity index (χ0n) is 5.64. The Morgan fingerprint density at radius 1 is 1.11 bits per heavy atom. The molecule has 0 bridgehead atoms. The van der Waals surface area contributed by atoms with E-state index in [0.29, 0.717) is 6.61 Å². The first-order chi connectivity index (χ1) is 4.41. The molecule has 0 heterocycles. The van der Waals surface area contributed by atoms with Crippen LogP contribution in [0, 0.1) is 0 Å². The molecule has 0 aromatic heterocycles. The van der Waals surface area contributed by atoms with Crippen LogP contribution in [0.4, 0.5) is 0 Å². The van der Waals surface area contributed by atoms with E-state index in [9.17, 15) is 0 Å². The number of thiol groups is 1. The molecule has 0 saturated heterocycles. The Hall–Kier alpha value is 0.270. The van der Waals surface area contributed by atoms with Gasteiger partial charge in [-0.1, -0.05) is 25.7 Å². The van der Waals surface area contributed by atoms with Crippen LogP contribution in [0.2, 0.25) is 0 Å². The Balaban J connectivity index is 2.60. The minimum atomic E-state index is 0.328. The van der Waals surface area contributed by atoms with Gasteiger partial charge in [0, 0.05) is 13.2 Å². The molecule has 0 unspecified atom stereocenters. The highest BCUT2D eigenvalue weighted by molar-refractivity contribution is 7.78. The third kappa shape index (κ3) is 8.27. The normalized spacial score (nSPS) is 10.0. The summed E-state index contributed by atoms with van der Waals surface area (Å²) in [7, 11) is 0. The molecule has 0 aliphatic rings. The minimum Gasteiger partial charge on any atom is -0.396 e. The van der Waals surface area contributed by atoms with Gasteiger partial charge in [0.1, 0.15) is 0 Å². The van der Waals surface area contributed by atoms with Gasteiger partial charge in [0.15, 0.2) is 0 Å². The third-order valence-electron chi connectivity index (χ3n) is 1.20. The highest BCUT2D eigenvalue weighted by atomic mass is 32.1. The maximum atomic E-state index is 8.39. The first kappa shape index (κ1) is 9.27. The lowest BCUT2D eigenvalue weighted by atomic mass is 10.2. The van der Waals surface area contributed by atoms with Crippen molar-refractivity contribution in [3.05, 3.63) is 0 Å². The number of aliphatic hydroxyl groups is 1. The molecule has 56 valence electrons. The molecule has 0 atom stereocenters. The summed E-state index contributed by atoms with van der Waals surface area (Å²) < 4.78 is 2.78. The summed E-state index contributed by atoms with van der Waals surface area (Å²) in [6.45, 7) is 1.29. The zero-order valence-corrected chi connectivity index (χ0v) is 6.53. The van der Waals surface area contributed by atoms with E-state index in [0.717, 1.165) is 25.8 Å². The fourth-order valence-corrected chi connectivity index (χ4v) is 0.828. The van der Waals surface area contributed by atoms with Gasteiger partial charge in [-0.2, -0.15) is 0 Å². The predicted octanol–water partition coefficient (Wildman–Crippen LogP) is 0.973. The second-order valence-corrected chi connectivity index (χ2v) is 2.36. The van der Waals surface area contributed by atoms with Crippen molar-refractivity contribution in [1.82, 2.24) is 4.72 Å². The van der Waals surface area contributed by atoms with E-state index >= 15 is 0 Å². The van der Waals surface area contributed by atoms with Gasteiger partial charge >= 0.3 is 0 Å². The van der Waals surface area contributed by atoms with Crippen LogP contribution in [0.5, 0.6) is 0 Å². The van der Waals surface area contributed by atoms with Gasteiger partial charge < -0.3 is 5.11 Å². The Bertz CT molecular complexity index is 46.3. The fourth-order valence-electron chi connectivity index (χ4n) is 0.669. The first-order valence-corrected chi connectivity index (χ1v) is 3.84. The molecular formula is C6H15NOS. The molecule has 0 rings (SSSR count). The van der Waals surface area contributed by atoms with E-state index in [1.165, 1.54) is 6.42 Å². The standard InChI is InChI=1S/C6H15NOS/c8-6-4-2-1-3-5-7-9/h7-9H,1-6H2. The van der Waals surface area contributed by atoms with E-state index < -0.39 is 0 Å². The van der Waals surface area contributed by atoms with Gasteiger partial charge in [0.2, 0.25) is 0 Å². The van der Waals surface area contributed by atoms with Crippen LogP contribution in [-0.2, 0) is 0 Å². The maximum absolute atomic E-state index is 8.39. The number of nitrogens with one attached hydrogen (secondary N) is 1. The summed E-state index contributed by atoms with van der Waals surface area (Å²) in [5, 5.41) is 8.39. The molecule has 0 aliphatic heterocycles. The molecule has 0 aromatic carbocycles. The Morgan fingerprint density at radius 2 is 1.78 bits per heavy atom. The average molecular weight is 149 g/mol. The number of unbranched alkanes of at least 4 members (excludes halogenated alkanes) is 3. The Morgan fingerprint density at radius 3 is 2.33 bits per heavy atom. The summed E-state index contributed by atoms with van der Waals surface area (Å²) in [6, 6.07) is 0. The number of rotatable bonds is 6. The van der Waals surface area contributed by atoms with E-state index in [-0.39, 0.29) is 0 Å². The fraction of sp³-hybridized carbons (Fsp3) is 1.00. The molecule has 0 spiro atoms. The van der Waals surface area contributed by atoms with Crippen molar-refractivity contribution in [3.63, 3.8) is 0 Å². The lowest BCUT2D eigenvalue weighted by molar-refractivity contribution is 0.282. The summed E-state index contributed by atoms with van der Waals surface area (Å²) >= 11 is 3.85. The number of hydrogen-bond donors (Lipinski definition) is 3. The molecule has 0 radical (unpaired) electrons. The van der Waals surface area contributed by atoms with E-state index in [1.807, 2.05) is 0 Å². The van der Waals surface area contributed by atoms with Gasteiger partial charge in [0.05, 0.1) is 0 Å². The van der Waals surface area contributed by atoms with Crippen LogP contribution in [-0.4, -0.2) is 18.3 Å². The monoisotopic (exact) mass is 149 g/mol. The van der Waals surface area contributed by atoms with Crippen LogP contribution in [0.3, 0.4) is 0 Å². The van der Waals surface area contributed by atoms with Crippen LogP contribution in [0.1, 0.15) is 25.7 Å². The van der Waals surface area contributed by atoms with Gasteiger partial charge in [-0.25, -0.2) is 0 Å². The molecule has 2 N–H and O–H groups in total. The highest BCUT2D eigenvalue weighted by Gasteiger charge is 1.86. The molecule has 3 heteroatoms. The predicted molar refractivity (Wildman–Crippen MR) is 42.5 cm³/mol. The summed E-state index contributed by atoms with van der Waals surface area (Å²) in [5.74, 6) is 0. The van der Waals surface area contributed by atoms with E-state index in [2.05, 4.69) is 17.5 Å². The van der Waals surface area contributed by atoms with Crippen molar-refractivity contribution in [2.45, 2.75) is 25.7 Å². The molecule has 0 aliphatic carbocycles. The van der Waals surface area contributed by atoms with E-state index in [1.54, 1.807) is 0 Å². The van der Waals surface area contributed by atoms with Crippen molar-refractivity contribution in [3.8, 4) is 0 Å². The minimum absolute atomic E-state index is 0.328. The zero-order chi connectivity index (χ0) is 6.95. The third-order valence-corrected chi connectivity index (χ3v) is 1.42. The Kier molecular flexibility index (Phi) is 8.52. The van der Waals surface area contributed by atoms with Gasteiger partial charge in [0.25, 0.3) is 0 Å². The molecule has 0 saturated carbocycles. The second-order valence-electron chi connectivity index (χ2n) is 2.05. The molecular weight excluding hydrogens is 134 g/mol. The molecule has 2 nitrogen and oxygen atoms in total. The number of hydrogen-bond acceptors (Lipinski definition) is 3. The van der Waals surface area contributed by atoms with E-state index in [4.69, 9.17) is 5.11 Å². The SMILES string of the molecule is OCCCCCCNS. The molecule has 9 heavy (non-hydrogen) atoms. The lowest BCUT2D eigenvalue weighted by Crippen LogP contribution is -2.00. The van der Waals surface area contributed by atoms with Crippen molar-refractivity contribution in [2.75, 3.05) is 13.2 Å². The van der Waals surface area contributed by atoms with Crippen molar-refractivity contribution < 1.29 is 5.11 Å². The molecule has 0 aromatic rings. The van der Waals surface area contributed by atoms with Crippen molar-refractivity contribution >= 4 is 12.8 Å². The highest BCUT2D eigenvalue weighted by Crippen LogP contribution is 1.97. The smallest absolute Gasteiger partial charge is 0.0431 e. The van der Waals surface area contributed by atoms with Crippen LogP contribution in [0.15, 0.2) is 0 Å². The summed E-state index contributed by atoms with van der Waals surface area (Å²) in [6.07, 6.45) is 4.41. The summed E-state index contributed by atoms with van der Waals surface area (Å²) in [4.78, 5) is 0.